The van der Waals surface area contributed by atoms with Crippen molar-refractivity contribution in [2.45, 2.75) is 74.8 Å². The Labute approximate surface area is 248 Å². The number of amides is 2. The molecule has 4 atom stereocenters. The number of halogens is 4. The van der Waals surface area contributed by atoms with Crippen LogP contribution in [0.25, 0.3) is 0 Å². The van der Waals surface area contributed by atoms with Crippen molar-refractivity contribution in [1.82, 2.24) is 14.9 Å². The van der Waals surface area contributed by atoms with Crippen LogP contribution in [0.3, 0.4) is 0 Å². The van der Waals surface area contributed by atoms with Gasteiger partial charge in [0.15, 0.2) is 9.84 Å². The molecule has 0 bridgehead atoms. The lowest BCUT2D eigenvalue weighted by atomic mass is 9.81. The summed E-state index contributed by atoms with van der Waals surface area (Å²) < 4.78 is 66.3. The number of rotatable bonds is 8. The van der Waals surface area contributed by atoms with Gasteiger partial charge in [0.1, 0.15) is 6.04 Å². The molecular formula is C29H34ClF3N3O5S-. The molecule has 0 aromatic heterocycles. The number of nitrogens with zero attached hydrogens (tertiary/aromatic N) is 3. The summed E-state index contributed by atoms with van der Waals surface area (Å²) in [5.41, 5.74) is -1.54. The molecule has 2 aromatic carbocycles. The van der Waals surface area contributed by atoms with Crippen LogP contribution in [-0.2, 0) is 20.8 Å². The van der Waals surface area contributed by atoms with Gasteiger partial charge in [0.25, 0.3) is 0 Å². The van der Waals surface area contributed by atoms with E-state index in [1.54, 1.807) is 0 Å². The fourth-order valence-electron chi connectivity index (χ4n) is 5.95. The molecule has 1 saturated carbocycles. The van der Waals surface area contributed by atoms with Gasteiger partial charge >= 0.3 is 6.18 Å². The number of alkyl halides is 3. The van der Waals surface area contributed by atoms with Gasteiger partial charge in [-0.2, -0.15) is 13.2 Å². The maximum absolute atomic E-state index is 13.5. The van der Waals surface area contributed by atoms with Crippen molar-refractivity contribution in [3.8, 4) is 0 Å². The second kappa shape index (κ2) is 12.5. The van der Waals surface area contributed by atoms with Crippen LogP contribution in [-0.4, -0.2) is 78.6 Å². The molecule has 2 fully saturated rings. The summed E-state index contributed by atoms with van der Waals surface area (Å²) in [7, 11) is -1.78. The van der Waals surface area contributed by atoms with E-state index >= 15 is 0 Å². The second-order valence-electron chi connectivity index (χ2n) is 11.3. The maximum atomic E-state index is 13.5. The van der Waals surface area contributed by atoms with E-state index in [1.165, 1.54) is 29.2 Å². The smallest absolute Gasteiger partial charge is 0.416 e. The fraction of sp³-hybridized carbons (Fsp3) is 0.517. The van der Waals surface area contributed by atoms with Crippen LogP contribution in [0, 0.1) is 11.1 Å². The molecule has 1 aliphatic heterocycles. The van der Waals surface area contributed by atoms with Gasteiger partial charge in [-0.15, -0.1) is 0 Å². The topological polar surface area (TPSA) is 101 Å². The Hall–Kier alpha value is -2.67. The third kappa shape index (κ3) is 6.93. The highest BCUT2D eigenvalue weighted by Gasteiger charge is 2.45. The van der Waals surface area contributed by atoms with Gasteiger partial charge in [-0.25, -0.2) is 8.42 Å². The number of sulfone groups is 1. The van der Waals surface area contributed by atoms with Crippen LogP contribution in [0.15, 0.2) is 53.4 Å². The largest absolute Gasteiger partial charge is 0.755 e. The van der Waals surface area contributed by atoms with Crippen LogP contribution >= 0.6 is 11.6 Å². The third-order valence-electron chi connectivity index (χ3n) is 8.44. The number of hydrogen-bond donors (Lipinski definition) is 0. The summed E-state index contributed by atoms with van der Waals surface area (Å²) in [4.78, 5) is 30.2. The molecule has 2 amide bonds. The standard InChI is InChI=1S/C29H34ClF3N3O5S/c1-18(2)34(3)23-9-12-25(20(16-23)17-42(40,41)24-10-7-22(30)8-11-24)35-14-13-26(28(35)38)36(39)27(37)19-5-4-6-21(15-19)29(31,32)33/h4-8,10-11,15,18,20,23,25-26H,9,12-14,16-17H2,1-3H3/q-1/t20-,23?,25?,26?/m0/s1. The minimum Gasteiger partial charge on any atom is -0.755 e. The zero-order valence-corrected chi connectivity index (χ0v) is 25.1. The Morgan fingerprint density at radius 2 is 1.79 bits per heavy atom. The quantitative estimate of drug-likeness (QED) is 0.370. The highest BCUT2D eigenvalue weighted by molar-refractivity contribution is 7.91. The van der Waals surface area contributed by atoms with Gasteiger partial charge in [0, 0.05) is 35.3 Å². The lowest BCUT2D eigenvalue weighted by Gasteiger charge is -2.45. The normalized spacial score (nSPS) is 23.6. The summed E-state index contributed by atoms with van der Waals surface area (Å²) in [6.45, 7) is 4.22. The van der Waals surface area contributed by atoms with E-state index < -0.39 is 57.0 Å². The highest BCUT2D eigenvalue weighted by Crippen LogP contribution is 2.37. The van der Waals surface area contributed by atoms with Gasteiger partial charge in [-0.3, -0.25) is 9.59 Å². The van der Waals surface area contributed by atoms with E-state index in [9.17, 15) is 36.4 Å². The molecule has 0 spiro atoms. The molecule has 1 aliphatic carbocycles. The molecule has 1 heterocycles. The molecule has 3 unspecified atom stereocenters. The van der Waals surface area contributed by atoms with Crippen LogP contribution < -0.4 is 0 Å². The van der Waals surface area contributed by atoms with Crippen LogP contribution in [0.2, 0.25) is 5.02 Å². The number of hydrogen-bond acceptors (Lipinski definition) is 6. The Balaban J connectivity index is 1.55. The number of likely N-dealkylation sites (tertiary alicyclic amines) is 1. The molecule has 8 nitrogen and oxygen atoms in total. The monoisotopic (exact) mass is 628 g/mol. The molecule has 2 aliphatic rings. The minimum atomic E-state index is -4.70. The van der Waals surface area contributed by atoms with Crippen LogP contribution in [0.1, 0.15) is 55.5 Å². The van der Waals surface area contributed by atoms with Crippen molar-refractivity contribution >= 4 is 33.3 Å². The van der Waals surface area contributed by atoms with E-state index in [0.717, 1.165) is 18.2 Å². The van der Waals surface area contributed by atoms with Gasteiger partial charge < -0.3 is 20.1 Å². The van der Waals surface area contributed by atoms with Crippen molar-refractivity contribution in [2.24, 2.45) is 5.92 Å². The van der Waals surface area contributed by atoms with Gasteiger partial charge in [0.2, 0.25) is 11.8 Å². The molecule has 0 N–H and O–H groups in total. The minimum absolute atomic E-state index is 0.00445. The summed E-state index contributed by atoms with van der Waals surface area (Å²) in [5, 5.41) is 13.4. The van der Waals surface area contributed by atoms with E-state index in [2.05, 4.69) is 4.90 Å². The van der Waals surface area contributed by atoms with Crippen molar-refractivity contribution in [3.05, 3.63) is 69.9 Å². The molecule has 0 radical (unpaired) electrons. The Kier molecular flexibility index (Phi) is 9.61. The van der Waals surface area contributed by atoms with E-state index in [1.807, 2.05) is 20.9 Å². The van der Waals surface area contributed by atoms with Gasteiger partial charge in [-0.05, 0) is 95.0 Å². The van der Waals surface area contributed by atoms with Crippen LogP contribution in [0.4, 0.5) is 13.2 Å². The molecule has 4 rings (SSSR count). The molecule has 2 aromatic rings. The number of carbonyl (C=O) groups excluding carboxylic acids is 2. The summed E-state index contributed by atoms with van der Waals surface area (Å²) in [5.74, 6) is -2.53. The van der Waals surface area contributed by atoms with Crippen LogP contribution in [0.5, 0.6) is 0 Å². The first kappa shape index (κ1) is 32.2. The van der Waals surface area contributed by atoms with Crippen molar-refractivity contribution in [1.29, 1.82) is 0 Å². The zero-order valence-electron chi connectivity index (χ0n) is 23.6. The first-order valence-electron chi connectivity index (χ1n) is 13.8. The summed E-state index contributed by atoms with van der Waals surface area (Å²) in [6, 6.07) is 7.81. The molecule has 1 saturated heterocycles. The van der Waals surface area contributed by atoms with E-state index in [-0.39, 0.29) is 40.8 Å². The summed E-state index contributed by atoms with van der Waals surface area (Å²) in [6.07, 6.45) is -2.99. The first-order valence-corrected chi connectivity index (χ1v) is 15.8. The van der Waals surface area contributed by atoms with Gasteiger partial charge in [-0.1, -0.05) is 17.7 Å². The maximum Gasteiger partial charge on any atom is 0.416 e. The predicted molar refractivity (Wildman–Crippen MR) is 152 cm³/mol. The number of carbonyl (C=O) groups is 2. The average molecular weight is 629 g/mol. The SMILES string of the molecule is CC(C)N(C)C1CCC(N2CCC(N([O-])C(=O)c3cccc(C(F)(F)F)c3)C2=O)[C@H](CS(=O)(=O)c2ccc(Cl)cc2)C1. The highest BCUT2D eigenvalue weighted by atomic mass is 35.5. The Bertz CT molecular complexity index is 1400. The van der Waals surface area contributed by atoms with Crippen molar-refractivity contribution < 1.29 is 31.2 Å². The lowest BCUT2D eigenvalue weighted by molar-refractivity contribution is -0.137. The third-order valence-corrected chi connectivity index (χ3v) is 10.6. The Morgan fingerprint density at radius 3 is 2.40 bits per heavy atom. The fourth-order valence-corrected chi connectivity index (χ4v) is 7.75. The van der Waals surface area contributed by atoms with Crippen molar-refractivity contribution in [3.63, 3.8) is 0 Å². The Morgan fingerprint density at radius 1 is 1.12 bits per heavy atom. The molecule has 13 heteroatoms. The summed E-state index contributed by atoms with van der Waals surface area (Å²) >= 11 is 5.94. The zero-order chi connectivity index (χ0) is 31.0. The molecule has 42 heavy (non-hydrogen) atoms. The molecule has 230 valence electrons. The average Bonchev–Trinajstić information content (AvgIpc) is 3.32. The van der Waals surface area contributed by atoms with E-state index in [4.69, 9.17) is 11.6 Å². The lowest BCUT2D eigenvalue weighted by Crippen LogP contribution is -2.53. The number of hydroxylamine groups is 2. The predicted octanol–water partition coefficient (Wildman–Crippen LogP) is 5.25. The number of benzene rings is 2. The van der Waals surface area contributed by atoms with Crippen molar-refractivity contribution in [2.75, 3.05) is 19.3 Å². The second-order valence-corrected chi connectivity index (χ2v) is 13.8. The van der Waals surface area contributed by atoms with E-state index in [0.29, 0.717) is 30.4 Å². The van der Waals surface area contributed by atoms with Gasteiger partial charge in [0.05, 0.1) is 16.2 Å². The molecular weight excluding hydrogens is 595 g/mol. The first-order chi connectivity index (χ1) is 19.6.